The first-order chi connectivity index (χ1) is 16.1. The second-order valence-electron chi connectivity index (χ2n) is 9.08. The minimum atomic E-state index is -0.506. The lowest BCUT2D eigenvalue weighted by Gasteiger charge is -2.47. The molecular formula is C28H25N3O2. The summed E-state index contributed by atoms with van der Waals surface area (Å²) in [6.07, 6.45) is 0.525. The molecule has 164 valence electrons. The summed E-state index contributed by atoms with van der Waals surface area (Å²) in [4.78, 5) is 34.4. The number of carbonyl (C=O) groups excluding carboxylic acids is 2. The molecule has 2 atom stereocenters. The molecule has 1 saturated heterocycles. The van der Waals surface area contributed by atoms with E-state index in [-0.39, 0.29) is 24.4 Å². The number of aromatic amines is 1. The van der Waals surface area contributed by atoms with Gasteiger partial charge in [-0.1, -0.05) is 78.4 Å². The summed E-state index contributed by atoms with van der Waals surface area (Å²) in [6, 6.07) is 25.6. The van der Waals surface area contributed by atoms with Gasteiger partial charge in [-0.25, -0.2) is 0 Å². The highest BCUT2D eigenvalue weighted by molar-refractivity contribution is 5.97. The maximum Gasteiger partial charge on any atom is 0.246 e. The van der Waals surface area contributed by atoms with E-state index in [9.17, 15) is 9.59 Å². The van der Waals surface area contributed by atoms with Crippen LogP contribution in [0.5, 0.6) is 0 Å². The quantitative estimate of drug-likeness (QED) is 0.520. The number of piperazine rings is 1. The van der Waals surface area contributed by atoms with Crippen molar-refractivity contribution in [2.75, 3.05) is 6.54 Å². The van der Waals surface area contributed by atoms with Gasteiger partial charge in [-0.15, -0.1) is 0 Å². The largest absolute Gasteiger partial charge is 0.356 e. The lowest BCUT2D eigenvalue weighted by atomic mass is 9.86. The molecule has 0 radical (unpaired) electrons. The minimum absolute atomic E-state index is 0.00938. The molecule has 0 aliphatic carbocycles. The van der Waals surface area contributed by atoms with Crippen molar-refractivity contribution < 1.29 is 9.59 Å². The highest BCUT2D eigenvalue weighted by atomic mass is 16.2. The molecule has 0 unspecified atom stereocenters. The van der Waals surface area contributed by atoms with Crippen LogP contribution in [-0.4, -0.2) is 39.2 Å². The van der Waals surface area contributed by atoms with Crippen LogP contribution in [0, 0.1) is 6.92 Å². The van der Waals surface area contributed by atoms with Gasteiger partial charge in [-0.2, -0.15) is 0 Å². The Bertz CT molecular complexity index is 1360. The molecule has 1 aromatic heterocycles. The van der Waals surface area contributed by atoms with Gasteiger partial charge in [-0.05, 0) is 29.7 Å². The van der Waals surface area contributed by atoms with Gasteiger partial charge >= 0.3 is 0 Å². The average Bonchev–Trinajstić information content (AvgIpc) is 3.21. The summed E-state index contributed by atoms with van der Waals surface area (Å²) in [5, 5.41) is 1.13. The number of H-pyrrole nitrogens is 1. The predicted octanol–water partition coefficient (Wildman–Crippen LogP) is 4.36. The standard InChI is InChI=1S/C28H25N3O2/c1-18-11-13-19(14-12-18)16-30-17-25(32)31-24(28(30)33)15-22-21-9-5-6-10-23(21)29-26(22)27(31)20-7-3-2-4-8-20/h2-14,24,27,29H,15-17H2,1H3/t24-,27+/m0/s1. The number of fused-ring (bicyclic) bond motifs is 4. The Morgan fingerprint density at radius 3 is 2.42 bits per heavy atom. The molecule has 4 aromatic rings. The summed E-state index contributed by atoms with van der Waals surface area (Å²) >= 11 is 0. The normalized spacial score (nSPS) is 20.2. The third-order valence-electron chi connectivity index (χ3n) is 6.95. The molecule has 6 rings (SSSR count). The van der Waals surface area contributed by atoms with Crippen LogP contribution in [0.4, 0.5) is 0 Å². The SMILES string of the molecule is Cc1ccc(CN2CC(=O)N3[C@H](c4ccccc4)c4[nH]c5ccccc5c4C[C@H]3C2=O)cc1. The number of para-hydroxylation sites is 1. The van der Waals surface area contributed by atoms with Crippen molar-refractivity contribution in [1.29, 1.82) is 0 Å². The topological polar surface area (TPSA) is 56.4 Å². The van der Waals surface area contributed by atoms with Crippen LogP contribution in [0.1, 0.15) is 34.0 Å². The third kappa shape index (κ3) is 3.23. The molecule has 0 bridgehead atoms. The summed E-state index contributed by atoms with van der Waals surface area (Å²) in [5.41, 5.74) is 6.43. The van der Waals surface area contributed by atoms with Gasteiger partial charge in [0, 0.05) is 29.6 Å². The van der Waals surface area contributed by atoms with Crippen molar-refractivity contribution in [3.8, 4) is 0 Å². The number of nitrogens with zero attached hydrogens (tertiary/aromatic N) is 2. The number of aromatic nitrogens is 1. The van der Waals surface area contributed by atoms with Gasteiger partial charge < -0.3 is 14.8 Å². The highest BCUT2D eigenvalue weighted by Gasteiger charge is 2.48. The van der Waals surface area contributed by atoms with Crippen LogP contribution < -0.4 is 0 Å². The molecule has 1 N–H and O–H groups in total. The van der Waals surface area contributed by atoms with E-state index in [2.05, 4.69) is 17.1 Å². The molecule has 3 aromatic carbocycles. The fourth-order valence-electron chi connectivity index (χ4n) is 5.35. The molecule has 33 heavy (non-hydrogen) atoms. The van der Waals surface area contributed by atoms with E-state index in [1.54, 1.807) is 4.90 Å². The first-order valence-electron chi connectivity index (χ1n) is 11.4. The highest BCUT2D eigenvalue weighted by Crippen LogP contribution is 2.42. The van der Waals surface area contributed by atoms with E-state index in [4.69, 9.17) is 0 Å². The van der Waals surface area contributed by atoms with Crippen molar-refractivity contribution in [3.63, 3.8) is 0 Å². The van der Waals surface area contributed by atoms with Gasteiger partial charge in [0.2, 0.25) is 11.8 Å². The van der Waals surface area contributed by atoms with Crippen LogP contribution in [0.15, 0.2) is 78.9 Å². The van der Waals surface area contributed by atoms with E-state index in [0.717, 1.165) is 33.3 Å². The Kier molecular flexibility index (Phi) is 4.57. The molecular weight excluding hydrogens is 410 g/mol. The van der Waals surface area contributed by atoms with E-state index < -0.39 is 6.04 Å². The predicted molar refractivity (Wildman–Crippen MR) is 128 cm³/mol. The lowest BCUT2D eigenvalue weighted by molar-refractivity contribution is -0.159. The summed E-state index contributed by atoms with van der Waals surface area (Å²) in [5.74, 6) is 0.0110. The minimum Gasteiger partial charge on any atom is -0.356 e. The Morgan fingerprint density at radius 1 is 0.909 bits per heavy atom. The van der Waals surface area contributed by atoms with Crippen LogP contribution >= 0.6 is 0 Å². The van der Waals surface area contributed by atoms with Crippen LogP contribution in [-0.2, 0) is 22.6 Å². The first kappa shape index (κ1) is 19.8. The van der Waals surface area contributed by atoms with Gasteiger partial charge in [-0.3, -0.25) is 9.59 Å². The molecule has 5 heteroatoms. The Labute approximate surface area is 192 Å². The zero-order valence-electron chi connectivity index (χ0n) is 18.5. The molecule has 5 nitrogen and oxygen atoms in total. The van der Waals surface area contributed by atoms with Gasteiger partial charge in [0.05, 0.1) is 6.04 Å². The molecule has 1 fully saturated rings. The first-order valence-corrected chi connectivity index (χ1v) is 11.4. The second-order valence-corrected chi connectivity index (χ2v) is 9.08. The van der Waals surface area contributed by atoms with Crippen LogP contribution in [0.3, 0.4) is 0 Å². The van der Waals surface area contributed by atoms with E-state index in [0.29, 0.717) is 13.0 Å². The van der Waals surface area contributed by atoms with Gasteiger partial charge in [0.25, 0.3) is 0 Å². The lowest BCUT2D eigenvalue weighted by Crippen LogP contribution is -2.62. The van der Waals surface area contributed by atoms with E-state index in [1.807, 2.05) is 78.6 Å². The number of rotatable bonds is 3. The number of benzene rings is 3. The van der Waals surface area contributed by atoms with Crippen molar-refractivity contribution in [2.24, 2.45) is 0 Å². The smallest absolute Gasteiger partial charge is 0.246 e. The molecule has 2 aliphatic rings. The van der Waals surface area contributed by atoms with Gasteiger partial charge in [0.15, 0.2) is 0 Å². The second kappa shape index (κ2) is 7.62. The van der Waals surface area contributed by atoms with Crippen LogP contribution in [0.25, 0.3) is 10.9 Å². The maximum absolute atomic E-state index is 13.7. The molecule has 0 spiro atoms. The molecule has 3 heterocycles. The number of carbonyl (C=O) groups is 2. The Morgan fingerprint density at radius 2 is 1.64 bits per heavy atom. The summed E-state index contributed by atoms with van der Waals surface area (Å²) < 4.78 is 0. The maximum atomic E-state index is 13.7. The van der Waals surface area contributed by atoms with Gasteiger partial charge in [0.1, 0.15) is 12.6 Å². The fourth-order valence-corrected chi connectivity index (χ4v) is 5.35. The summed E-state index contributed by atoms with van der Waals surface area (Å²) in [7, 11) is 0. The number of nitrogens with one attached hydrogen (secondary N) is 1. The fraction of sp³-hybridized carbons (Fsp3) is 0.214. The summed E-state index contributed by atoms with van der Waals surface area (Å²) in [6.45, 7) is 2.59. The number of aryl methyl sites for hydroxylation is 1. The van der Waals surface area contributed by atoms with Crippen molar-refractivity contribution in [1.82, 2.24) is 14.8 Å². The molecule has 2 amide bonds. The Hall–Kier alpha value is -3.86. The number of hydrogen-bond acceptors (Lipinski definition) is 2. The van der Waals surface area contributed by atoms with E-state index in [1.165, 1.54) is 5.56 Å². The average molecular weight is 436 g/mol. The zero-order chi connectivity index (χ0) is 22.5. The van der Waals surface area contributed by atoms with E-state index >= 15 is 0 Å². The number of hydrogen-bond donors (Lipinski definition) is 1. The molecule has 2 aliphatic heterocycles. The monoisotopic (exact) mass is 435 g/mol. The van der Waals surface area contributed by atoms with Crippen molar-refractivity contribution in [2.45, 2.75) is 32.0 Å². The Balaban J connectivity index is 1.44. The van der Waals surface area contributed by atoms with Crippen molar-refractivity contribution in [3.05, 3.63) is 107 Å². The zero-order valence-corrected chi connectivity index (χ0v) is 18.5. The number of amides is 2. The van der Waals surface area contributed by atoms with Crippen LogP contribution in [0.2, 0.25) is 0 Å². The molecule has 0 saturated carbocycles. The third-order valence-corrected chi connectivity index (χ3v) is 6.95. The van der Waals surface area contributed by atoms with Crippen molar-refractivity contribution >= 4 is 22.7 Å².